The van der Waals surface area contributed by atoms with Gasteiger partial charge in [-0.15, -0.1) is 0 Å². The minimum atomic E-state index is -3.28. The Bertz CT molecular complexity index is 486. The van der Waals surface area contributed by atoms with Crippen molar-refractivity contribution >= 4 is 19.8 Å². The molecule has 2 atom stereocenters. The van der Waals surface area contributed by atoms with Crippen LogP contribution in [0.2, 0.25) is 0 Å². The van der Waals surface area contributed by atoms with Crippen LogP contribution in [0.3, 0.4) is 0 Å². The Labute approximate surface area is 105 Å². The largest absolute Gasteiger partial charge is 0.362 e. The molecule has 2 unspecified atom stereocenters. The third-order valence-corrected chi connectivity index (χ3v) is 2.71. The normalized spacial score (nSPS) is 15.5. The van der Waals surface area contributed by atoms with Gasteiger partial charge in [-0.3, -0.25) is 13.9 Å². The third kappa shape index (κ3) is 4.09. The van der Waals surface area contributed by atoms with Crippen molar-refractivity contribution in [1.29, 1.82) is 0 Å². The lowest BCUT2D eigenvalue weighted by Gasteiger charge is -2.22. The summed E-state index contributed by atoms with van der Waals surface area (Å²) >= 11 is 0. The Morgan fingerprint density at radius 1 is 1.61 bits per heavy atom. The molecule has 1 rings (SSSR count). The van der Waals surface area contributed by atoms with Gasteiger partial charge < -0.3 is 15.3 Å². The average molecular weight is 271 g/mol. The molecular weight excluding hydrogens is 257 g/mol. The molecule has 0 heterocycles. The van der Waals surface area contributed by atoms with E-state index >= 15 is 0 Å². The lowest BCUT2D eigenvalue weighted by Crippen LogP contribution is -2.22. The van der Waals surface area contributed by atoms with E-state index in [0.717, 1.165) is 6.08 Å². The van der Waals surface area contributed by atoms with E-state index < -0.39 is 19.9 Å². The van der Waals surface area contributed by atoms with Crippen LogP contribution in [0, 0.1) is 0 Å². The fraction of sp³-hybridized carbons (Fsp3) is 0.182. The average Bonchev–Trinajstić information content (AvgIpc) is 2.27. The van der Waals surface area contributed by atoms with Crippen molar-refractivity contribution in [2.24, 2.45) is 0 Å². The maximum atomic E-state index is 11.1. The summed E-state index contributed by atoms with van der Waals surface area (Å²) in [6.07, 6.45) is 1.10. The molecule has 0 aliphatic carbocycles. The zero-order chi connectivity index (χ0) is 13.8. The maximum absolute atomic E-state index is 11.1. The van der Waals surface area contributed by atoms with Gasteiger partial charge in [-0.2, -0.15) is 0 Å². The Morgan fingerprint density at radius 2 is 2.28 bits per heavy atom. The topological polar surface area (TPSA) is 95.9 Å². The highest BCUT2D eigenvalue weighted by Gasteiger charge is 2.26. The Hall–Kier alpha value is -1.46. The predicted octanol–water partition coefficient (Wildman–Crippen LogP) is 1.37. The highest BCUT2D eigenvalue weighted by molar-refractivity contribution is 7.32. The molecule has 0 fully saturated rings. The van der Waals surface area contributed by atoms with Crippen molar-refractivity contribution in [2.45, 2.75) is 12.7 Å². The monoisotopic (exact) mass is 271 g/mol. The summed E-state index contributed by atoms with van der Waals surface area (Å²) in [5.74, 6) is -2.30. The van der Waals surface area contributed by atoms with Gasteiger partial charge in [0.25, 0.3) is 0 Å². The minimum Gasteiger partial charge on any atom is -0.362 e. The van der Waals surface area contributed by atoms with Crippen molar-refractivity contribution in [2.75, 3.05) is 5.32 Å². The summed E-state index contributed by atoms with van der Waals surface area (Å²) in [5.41, 5.74) is 0.663. The SMILES string of the molecule is C=CC(=O)Nc1cccc(C(C)(O)O[PH](=O)O)c1. The molecule has 98 valence electrons. The molecule has 1 amide bonds. The lowest BCUT2D eigenvalue weighted by atomic mass is 10.1. The first-order chi connectivity index (χ1) is 8.35. The molecule has 6 nitrogen and oxygen atoms in total. The number of hydrogen-bond acceptors (Lipinski definition) is 4. The summed E-state index contributed by atoms with van der Waals surface area (Å²) in [5, 5.41) is 12.4. The molecule has 0 radical (unpaired) electrons. The van der Waals surface area contributed by atoms with Crippen LogP contribution in [-0.2, 0) is 19.7 Å². The smallest absolute Gasteiger partial charge is 0.319 e. The number of carbonyl (C=O) groups excluding carboxylic acids is 1. The van der Waals surface area contributed by atoms with Crippen LogP contribution < -0.4 is 5.32 Å². The summed E-state index contributed by atoms with van der Waals surface area (Å²) < 4.78 is 15.2. The maximum Gasteiger partial charge on any atom is 0.319 e. The van der Waals surface area contributed by atoms with E-state index in [1.165, 1.54) is 19.1 Å². The second-order valence-corrected chi connectivity index (χ2v) is 4.36. The lowest BCUT2D eigenvalue weighted by molar-refractivity contribution is -0.129. The van der Waals surface area contributed by atoms with Crippen molar-refractivity contribution in [3.05, 3.63) is 42.5 Å². The van der Waals surface area contributed by atoms with Gasteiger partial charge in [-0.25, -0.2) is 0 Å². The molecule has 0 aromatic heterocycles. The van der Waals surface area contributed by atoms with Crippen LogP contribution in [0.1, 0.15) is 12.5 Å². The number of anilines is 1. The van der Waals surface area contributed by atoms with Crippen LogP contribution in [0.4, 0.5) is 5.69 Å². The van der Waals surface area contributed by atoms with Crippen LogP contribution >= 0.6 is 8.25 Å². The molecule has 7 heteroatoms. The summed E-state index contributed by atoms with van der Waals surface area (Å²) in [6.45, 7) is 4.55. The van der Waals surface area contributed by atoms with Gasteiger partial charge >= 0.3 is 8.25 Å². The fourth-order valence-corrected chi connectivity index (χ4v) is 1.77. The summed E-state index contributed by atoms with van der Waals surface area (Å²) in [6, 6.07) is 6.12. The highest BCUT2D eigenvalue weighted by atomic mass is 31.1. The second-order valence-electron chi connectivity index (χ2n) is 3.63. The number of rotatable bonds is 5. The third-order valence-electron chi connectivity index (χ3n) is 2.14. The summed E-state index contributed by atoms with van der Waals surface area (Å²) in [7, 11) is -3.28. The number of benzene rings is 1. The van der Waals surface area contributed by atoms with E-state index in [1.54, 1.807) is 12.1 Å². The van der Waals surface area contributed by atoms with Crippen LogP contribution in [0.5, 0.6) is 0 Å². The zero-order valence-corrected chi connectivity index (χ0v) is 10.7. The van der Waals surface area contributed by atoms with Crippen LogP contribution in [-0.4, -0.2) is 15.9 Å². The summed E-state index contributed by atoms with van der Waals surface area (Å²) in [4.78, 5) is 19.8. The van der Waals surface area contributed by atoms with Gasteiger partial charge in [-0.05, 0) is 25.1 Å². The van der Waals surface area contributed by atoms with E-state index in [2.05, 4.69) is 16.4 Å². The van der Waals surface area contributed by atoms with Crippen molar-refractivity contribution < 1.29 is 23.9 Å². The van der Waals surface area contributed by atoms with Gasteiger partial charge in [0.15, 0.2) is 5.79 Å². The number of aliphatic hydroxyl groups is 1. The zero-order valence-electron chi connectivity index (χ0n) is 9.71. The standard InChI is InChI=1S/C11H14NO5P/c1-3-10(13)12-9-6-4-5-8(7-9)11(2,14)17-18(15)16/h3-7,14,18H,1H2,2H3,(H,12,13)(H,15,16). The quantitative estimate of drug-likeness (QED) is 0.427. The van der Waals surface area contributed by atoms with Crippen molar-refractivity contribution in [3.8, 4) is 0 Å². The molecule has 0 bridgehead atoms. The fourth-order valence-electron chi connectivity index (χ4n) is 1.31. The first-order valence-corrected chi connectivity index (χ1v) is 6.30. The molecule has 1 aromatic carbocycles. The highest BCUT2D eigenvalue weighted by Crippen LogP contribution is 2.33. The molecular formula is C11H14NO5P. The van der Waals surface area contributed by atoms with Gasteiger partial charge in [0.1, 0.15) is 0 Å². The van der Waals surface area contributed by atoms with Crippen LogP contribution in [0.25, 0.3) is 0 Å². The molecule has 18 heavy (non-hydrogen) atoms. The van der Waals surface area contributed by atoms with Gasteiger partial charge in [-0.1, -0.05) is 18.7 Å². The van der Waals surface area contributed by atoms with E-state index in [0.29, 0.717) is 5.69 Å². The number of hydrogen-bond donors (Lipinski definition) is 3. The van der Waals surface area contributed by atoms with Crippen LogP contribution in [0.15, 0.2) is 36.9 Å². The van der Waals surface area contributed by atoms with Crippen molar-refractivity contribution in [3.63, 3.8) is 0 Å². The van der Waals surface area contributed by atoms with Gasteiger partial charge in [0.2, 0.25) is 5.91 Å². The Balaban J connectivity index is 2.97. The number of amides is 1. The van der Waals surface area contributed by atoms with E-state index in [9.17, 15) is 14.5 Å². The van der Waals surface area contributed by atoms with E-state index in [4.69, 9.17) is 4.89 Å². The van der Waals surface area contributed by atoms with Crippen molar-refractivity contribution in [1.82, 2.24) is 0 Å². The second kappa shape index (κ2) is 5.93. The van der Waals surface area contributed by atoms with Gasteiger partial charge in [0.05, 0.1) is 0 Å². The number of nitrogens with one attached hydrogen (secondary N) is 1. The minimum absolute atomic E-state index is 0.247. The number of carbonyl (C=O) groups is 1. The van der Waals surface area contributed by atoms with Gasteiger partial charge in [0, 0.05) is 11.3 Å². The molecule has 0 saturated heterocycles. The Kier molecular flexibility index (Phi) is 4.81. The molecule has 0 aliphatic heterocycles. The first-order valence-electron chi connectivity index (χ1n) is 5.03. The molecule has 0 aliphatic rings. The molecule has 3 N–H and O–H groups in total. The predicted molar refractivity (Wildman–Crippen MR) is 67.1 cm³/mol. The Morgan fingerprint density at radius 3 is 2.83 bits per heavy atom. The van der Waals surface area contributed by atoms with E-state index in [-0.39, 0.29) is 5.56 Å². The molecule has 1 aromatic rings. The molecule has 0 saturated carbocycles. The first kappa shape index (κ1) is 14.6. The van der Waals surface area contributed by atoms with E-state index in [1.807, 2.05) is 0 Å². The molecule has 0 spiro atoms.